The van der Waals surface area contributed by atoms with Crippen molar-refractivity contribution in [2.24, 2.45) is 0 Å². The number of carbonyl (C=O) groups excluding carboxylic acids is 1. The van der Waals surface area contributed by atoms with E-state index in [2.05, 4.69) is 10.3 Å². The van der Waals surface area contributed by atoms with E-state index in [1.165, 1.54) is 6.20 Å². The van der Waals surface area contributed by atoms with Crippen molar-refractivity contribution in [3.05, 3.63) is 23.5 Å². The summed E-state index contributed by atoms with van der Waals surface area (Å²) in [5, 5.41) is 2.77. The Labute approximate surface area is 105 Å². The van der Waals surface area contributed by atoms with Crippen LogP contribution in [0.5, 0.6) is 0 Å². The Morgan fingerprint density at radius 1 is 1.61 bits per heavy atom. The maximum absolute atomic E-state index is 11.9. The number of carbonyl (C=O) groups is 1. The maximum Gasteiger partial charge on any atom is 0.255 e. The standard InChI is InChI=1S/C12H17N3O3/c1-8-4-11(13)10(6-14-8)12(16)15-5-9-7-17-2-3-18-9/h4,6,9H,2-3,5,7H2,1H3,(H2,13,14)(H,15,16). The van der Waals surface area contributed by atoms with E-state index in [-0.39, 0.29) is 12.0 Å². The normalized spacial score (nSPS) is 19.5. The molecule has 0 aromatic carbocycles. The van der Waals surface area contributed by atoms with Crippen LogP contribution in [0.3, 0.4) is 0 Å². The third-order valence-electron chi connectivity index (χ3n) is 2.69. The highest BCUT2D eigenvalue weighted by atomic mass is 16.6. The lowest BCUT2D eigenvalue weighted by Crippen LogP contribution is -2.39. The van der Waals surface area contributed by atoms with Crippen molar-refractivity contribution in [1.82, 2.24) is 10.3 Å². The van der Waals surface area contributed by atoms with Gasteiger partial charge >= 0.3 is 0 Å². The molecule has 98 valence electrons. The maximum atomic E-state index is 11.9. The molecule has 1 amide bonds. The fourth-order valence-electron chi connectivity index (χ4n) is 1.73. The molecular formula is C12H17N3O3. The van der Waals surface area contributed by atoms with Gasteiger partial charge in [-0.1, -0.05) is 0 Å². The van der Waals surface area contributed by atoms with Crippen LogP contribution in [0.2, 0.25) is 0 Å². The second-order valence-electron chi connectivity index (χ2n) is 4.19. The van der Waals surface area contributed by atoms with Crippen molar-refractivity contribution in [1.29, 1.82) is 0 Å². The summed E-state index contributed by atoms with van der Waals surface area (Å²) < 4.78 is 10.7. The number of nitrogens with two attached hydrogens (primary N) is 1. The van der Waals surface area contributed by atoms with Gasteiger partial charge in [0.2, 0.25) is 0 Å². The van der Waals surface area contributed by atoms with E-state index in [4.69, 9.17) is 15.2 Å². The molecule has 0 aliphatic carbocycles. The molecule has 1 aliphatic rings. The molecule has 0 spiro atoms. The van der Waals surface area contributed by atoms with E-state index >= 15 is 0 Å². The average Bonchev–Trinajstić information content (AvgIpc) is 2.37. The SMILES string of the molecule is Cc1cc(N)c(C(=O)NCC2COCCO2)cn1. The van der Waals surface area contributed by atoms with Crippen LogP contribution in [-0.4, -0.2) is 43.4 Å². The Bertz CT molecular complexity index is 431. The van der Waals surface area contributed by atoms with Crippen LogP contribution in [0.15, 0.2) is 12.3 Å². The number of hydrogen-bond acceptors (Lipinski definition) is 5. The van der Waals surface area contributed by atoms with Crippen molar-refractivity contribution in [3.63, 3.8) is 0 Å². The number of rotatable bonds is 3. The summed E-state index contributed by atoms with van der Waals surface area (Å²) in [6.45, 7) is 3.91. The molecule has 1 fully saturated rings. The average molecular weight is 251 g/mol. The van der Waals surface area contributed by atoms with E-state index in [9.17, 15) is 4.79 Å². The lowest BCUT2D eigenvalue weighted by atomic mass is 10.2. The molecule has 1 aliphatic heterocycles. The molecule has 18 heavy (non-hydrogen) atoms. The molecule has 6 nitrogen and oxygen atoms in total. The van der Waals surface area contributed by atoms with Gasteiger partial charge in [-0.05, 0) is 13.0 Å². The number of pyridine rings is 1. The van der Waals surface area contributed by atoms with Crippen LogP contribution in [0.1, 0.15) is 16.1 Å². The summed E-state index contributed by atoms with van der Waals surface area (Å²) in [6.07, 6.45) is 1.39. The fraction of sp³-hybridized carbons (Fsp3) is 0.500. The lowest BCUT2D eigenvalue weighted by molar-refractivity contribution is -0.0855. The van der Waals surface area contributed by atoms with Crippen LogP contribution in [0.4, 0.5) is 5.69 Å². The molecule has 1 atom stereocenters. The number of nitrogen functional groups attached to an aromatic ring is 1. The number of ether oxygens (including phenoxy) is 2. The van der Waals surface area contributed by atoms with E-state index in [0.717, 1.165) is 5.69 Å². The number of hydrogen-bond donors (Lipinski definition) is 2. The molecule has 3 N–H and O–H groups in total. The number of aromatic nitrogens is 1. The highest BCUT2D eigenvalue weighted by Crippen LogP contribution is 2.11. The van der Waals surface area contributed by atoms with Crippen molar-refractivity contribution >= 4 is 11.6 Å². The van der Waals surface area contributed by atoms with Gasteiger partial charge in [0.1, 0.15) is 0 Å². The lowest BCUT2D eigenvalue weighted by Gasteiger charge is -2.23. The van der Waals surface area contributed by atoms with Crippen LogP contribution in [0, 0.1) is 6.92 Å². The van der Waals surface area contributed by atoms with Crippen LogP contribution < -0.4 is 11.1 Å². The number of anilines is 1. The number of nitrogens with zero attached hydrogens (tertiary/aromatic N) is 1. The predicted octanol–water partition coefficient (Wildman–Crippen LogP) is 0.117. The van der Waals surface area contributed by atoms with Gasteiger partial charge in [-0.25, -0.2) is 0 Å². The van der Waals surface area contributed by atoms with Gasteiger partial charge in [-0.3, -0.25) is 9.78 Å². The highest BCUT2D eigenvalue weighted by molar-refractivity contribution is 5.98. The van der Waals surface area contributed by atoms with Crippen molar-refractivity contribution in [3.8, 4) is 0 Å². The van der Waals surface area contributed by atoms with Gasteiger partial charge in [0, 0.05) is 24.1 Å². The Hall–Kier alpha value is -1.66. The monoisotopic (exact) mass is 251 g/mol. The molecule has 0 radical (unpaired) electrons. The fourth-order valence-corrected chi connectivity index (χ4v) is 1.73. The smallest absolute Gasteiger partial charge is 0.255 e. The zero-order valence-corrected chi connectivity index (χ0v) is 10.3. The number of aryl methyl sites for hydroxylation is 1. The van der Waals surface area contributed by atoms with E-state index in [1.54, 1.807) is 6.07 Å². The Morgan fingerprint density at radius 3 is 3.11 bits per heavy atom. The topological polar surface area (TPSA) is 86.5 Å². The van der Waals surface area contributed by atoms with Gasteiger partial charge < -0.3 is 20.5 Å². The minimum Gasteiger partial charge on any atom is -0.398 e. The first-order valence-corrected chi connectivity index (χ1v) is 5.86. The molecule has 6 heteroatoms. The van der Waals surface area contributed by atoms with Gasteiger partial charge in [0.15, 0.2) is 0 Å². The number of nitrogens with one attached hydrogen (secondary N) is 1. The largest absolute Gasteiger partial charge is 0.398 e. The molecule has 2 heterocycles. The quantitative estimate of drug-likeness (QED) is 0.796. The first-order valence-electron chi connectivity index (χ1n) is 5.86. The molecule has 0 bridgehead atoms. The number of amides is 1. The zero-order valence-electron chi connectivity index (χ0n) is 10.3. The van der Waals surface area contributed by atoms with Crippen LogP contribution in [0.25, 0.3) is 0 Å². The van der Waals surface area contributed by atoms with E-state index in [0.29, 0.717) is 37.6 Å². The molecular weight excluding hydrogens is 234 g/mol. The van der Waals surface area contributed by atoms with Crippen molar-refractivity contribution in [2.45, 2.75) is 13.0 Å². The van der Waals surface area contributed by atoms with Gasteiger partial charge in [-0.2, -0.15) is 0 Å². The van der Waals surface area contributed by atoms with Crippen molar-refractivity contribution < 1.29 is 14.3 Å². The molecule has 1 saturated heterocycles. The van der Waals surface area contributed by atoms with E-state index in [1.807, 2.05) is 6.92 Å². The Morgan fingerprint density at radius 2 is 2.44 bits per heavy atom. The zero-order chi connectivity index (χ0) is 13.0. The molecule has 1 unspecified atom stereocenters. The highest BCUT2D eigenvalue weighted by Gasteiger charge is 2.16. The van der Waals surface area contributed by atoms with Gasteiger partial charge in [0.05, 0.1) is 31.5 Å². The first kappa shape index (κ1) is 12.8. The predicted molar refractivity (Wildman–Crippen MR) is 66.3 cm³/mol. The van der Waals surface area contributed by atoms with Gasteiger partial charge in [-0.15, -0.1) is 0 Å². The summed E-state index contributed by atoms with van der Waals surface area (Å²) >= 11 is 0. The summed E-state index contributed by atoms with van der Waals surface area (Å²) in [6, 6.07) is 1.68. The van der Waals surface area contributed by atoms with E-state index < -0.39 is 0 Å². The first-order chi connectivity index (χ1) is 8.66. The van der Waals surface area contributed by atoms with Crippen molar-refractivity contribution in [2.75, 3.05) is 32.1 Å². The minimum absolute atomic E-state index is 0.0951. The Kier molecular flexibility index (Phi) is 4.11. The summed E-state index contributed by atoms with van der Waals surface area (Å²) in [5.74, 6) is -0.242. The Balaban J connectivity index is 1.90. The summed E-state index contributed by atoms with van der Waals surface area (Å²) in [4.78, 5) is 16.0. The third-order valence-corrected chi connectivity index (χ3v) is 2.69. The molecule has 1 aromatic rings. The van der Waals surface area contributed by atoms with Gasteiger partial charge in [0.25, 0.3) is 5.91 Å². The third kappa shape index (κ3) is 3.18. The molecule has 0 saturated carbocycles. The molecule has 1 aromatic heterocycles. The second-order valence-corrected chi connectivity index (χ2v) is 4.19. The van der Waals surface area contributed by atoms with Crippen LogP contribution >= 0.6 is 0 Å². The van der Waals surface area contributed by atoms with Crippen LogP contribution in [-0.2, 0) is 9.47 Å². The summed E-state index contributed by atoms with van der Waals surface area (Å²) in [7, 11) is 0. The minimum atomic E-state index is -0.242. The molecule has 2 rings (SSSR count). The summed E-state index contributed by atoms with van der Waals surface area (Å²) in [5.41, 5.74) is 7.38. The second kappa shape index (κ2) is 5.79.